The van der Waals surface area contributed by atoms with Gasteiger partial charge in [-0.25, -0.2) is 4.99 Å². The van der Waals surface area contributed by atoms with Crippen molar-refractivity contribution >= 4 is 5.96 Å². The smallest absolute Gasteiger partial charge is 0.231 e. The molecular formula is C12H15N3O2. The molecule has 1 aliphatic carbocycles. The zero-order valence-corrected chi connectivity index (χ0v) is 9.48. The third-order valence-corrected chi connectivity index (χ3v) is 2.83. The van der Waals surface area contributed by atoms with E-state index in [2.05, 4.69) is 10.3 Å². The average Bonchev–Trinajstić information content (AvgIpc) is 3.00. The summed E-state index contributed by atoms with van der Waals surface area (Å²) in [5, 5.41) is 3.15. The first kappa shape index (κ1) is 10.3. The van der Waals surface area contributed by atoms with Gasteiger partial charge in [0.05, 0.1) is 6.54 Å². The monoisotopic (exact) mass is 233 g/mol. The Hall–Kier alpha value is -1.91. The van der Waals surface area contributed by atoms with Gasteiger partial charge in [0.1, 0.15) is 0 Å². The summed E-state index contributed by atoms with van der Waals surface area (Å²) in [6, 6.07) is 6.32. The zero-order chi connectivity index (χ0) is 11.7. The van der Waals surface area contributed by atoms with Crippen LogP contribution in [0.4, 0.5) is 0 Å². The number of guanidine groups is 1. The van der Waals surface area contributed by atoms with Gasteiger partial charge >= 0.3 is 0 Å². The molecule has 0 unspecified atom stereocenters. The highest BCUT2D eigenvalue weighted by Gasteiger charge is 2.21. The number of aliphatic imine (C=N–C) groups is 1. The molecular weight excluding hydrogens is 218 g/mol. The molecule has 1 aromatic carbocycles. The highest BCUT2D eigenvalue weighted by atomic mass is 16.7. The summed E-state index contributed by atoms with van der Waals surface area (Å²) in [6.45, 7) is 0.796. The van der Waals surface area contributed by atoms with Crippen LogP contribution in [0.3, 0.4) is 0 Å². The molecule has 5 heteroatoms. The molecule has 0 aromatic heterocycles. The molecule has 0 amide bonds. The standard InChI is InChI=1S/C12H15N3O2/c13-12(15-9-4-5-9)14-6-8-2-1-3-10-11(8)17-7-16-10/h1-3,9H,4-7H2,(H3,13,14,15). The van der Waals surface area contributed by atoms with Gasteiger partial charge in [0.25, 0.3) is 0 Å². The van der Waals surface area contributed by atoms with Crippen LogP contribution in [0.1, 0.15) is 18.4 Å². The quantitative estimate of drug-likeness (QED) is 0.603. The summed E-state index contributed by atoms with van der Waals surface area (Å²) >= 11 is 0. The molecule has 90 valence electrons. The maximum absolute atomic E-state index is 5.77. The van der Waals surface area contributed by atoms with Crippen LogP contribution in [-0.2, 0) is 6.54 Å². The predicted molar refractivity (Wildman–Crippen MR) is 64.0 cm³/mol. The molecule has 0 radical (unpaired) electrons. The lowest BCUT2D eigenvalue weighted by atomic mass is 10.2. The van der Waals surface area contributed by atoms with Crippen molar-refractivity contribution in [2.24, 2.45) is 10.7 Å². The molecule has 5 nitrogen and oxygen atoms in total. The Morgan fingerprint density at radius 1 is 1.41 bits per heavy atom. The van der Waals surface area contributed by atoms with Gasteiger partial charge < -0.3 is 20.5 Å². The molecule has 1 saturated carbocycles. The Bertz CT molecular complexity index is 455. The van der Waals surface area contributed by atoms with Gasteiger partial charge in [0.15, 0.2) is 17.5 Å². The number of ether oxygens (including phenoxy) is 2. The Morgan fingerprint density at radius 3 is 3.12 bits per heavy atom. The number of benzene rings is 1. The van der Waals surface area contributed by atoms with Crippen LogP contribution >= 0.6 is 0 Å². The lowest BCUT2D eigenvalue weighted by Gasteiger charge is -2.05. The van der Waals surface area contributed by atoms with E-state index in [0.717, 1.165) is 17.1 Å². The van der Waals surface area contributed by atoms with Crippen LogP contribution < -0.4 is 20.5 Å². The van der Waals surface area contributed by atoms with Gasteiger partial charge in [0.2, 0.25) is 6.79 Å². The van der Waals surface area contributed by atoms with E-state index in [9.17, 15) is 0 Å². The lowest BCUT2D eigenvalue weighted by molar-refractivity contribution is 0.173. The Balaban J connectivity index is 1.70. The molecule has 1 fully saturated rings. The molecule has 3 rings (SSSR count). The van der Waals surface area contributed by atoms with Crippen molar-refractivity contribution in [2.75, 3.05) is 6.79 Å². The van der Waals surface area contributed by atoms with Gasteiger partial charge in [-0.1, -0.05) is 12.1 Å². The van der Waals surface area contributed by atoms with E-state index >= 15 is 0 Å². The molecule has 1 aromatic rings. The molecule has 0 atom stereocenters. The topological polar surface area (TPSA) is 68.9 Å². The minimum Gasteiger partial charge on any atom is -0.454 e. The maximum Gasteiger partial charge on any atom is 0.231 e. The third kappa shape index (κ3) is 2.27. The minimum absolute atomic E-state index is 0.284. The van der Waals surface area contributed by atoms with Crippen molar-refractivity contribution < 1.29 is 9.47 Å². The summed E-state index contributed by atoms with van der Waals surface area (Å²) in [4.78, 5) is 4.30. The molecule has 0 spiro atoms. The van der Waals surface area contributed by atoms with Crippen LogP contribution in [-0.4, -0.2) is 18.8 Å². The Labute approximate surface area is 99.6 Å². The number of nitrogens with one attached hydrogen (secondary N) is 1. The number of rotatable bonds is 3. The SMILES string of the molecule is NC(=NCc1cccc2c1OCO2)NC1CC1. The number of nitrogens with zero attached hydrogens (tertiary/aromatic N) is 1. The molecule has 1 aliphatic heterocycles. The van der Waals surface area contributed by atoms with E-state index in [1.165, 1.54) is 12.8 Å². The maximum atomic E-state index is 5.77. The van der Waals surface area contributed by atoms with E-state index in [4.69, 9.17) is 15.2 Å². The first-order chi connectivity index (χ1) is 8.33. The number of fused-ring (bicyclic) bond motifs is 1. The molecule has 17 heavy (non-hydrogen) atoms. The van der Waals surface area contributed by atoms with Crippen LogP contribution in [0.2, 0.25) is 0 Å². The van der Waals surface area contributed by atoms with E-state index in [1.807, 2.05) is 18.2 Å². The highest BCUT2D eigenvalue weighted by Crippen LogP contribution is 2.35. The number of hydrogen-bond donors (Lipinski definition) is 2. The third-order valence-electron chi connectivity index (χ3n) is 2.83. The van der Waals surface area contributed by atoms with E-state index in [-0.39, 0.29) is 6.79 Å². The second-order valence-corrected chi connectivity index (χ2v) is 4.27. The second kappa shape index (κ2) is 4.16. The van der Waals surface area contributed by atoms with Crippen molar-refractivity contribution in [3.05, 3.63) is 23.8 Å². The summed E-state index contributed by atoms with van der Waals surface area (Å²) in [5.41, 5.74) is 6.78. The normalized spacial score (nSPS) is 18.2. The van der Waals surface area contributed by atoms with E-state index in [1.54, 1.807) is 0 Å². The van der Waals surface area contributed by atoms with Crippen LogP contribution in [0, 0.1) is 0 Å². The van der Waals surface area contributed by atoms with E-state index < -0.39 is 0 Å². The first-order valence-corrected chi connectivity index (χ1v) is 5.77. The zero-order valence-electron chi connectivity index (χ0n) is 9.48. The van der Waals surface area contributed by atoms with Gasteiger partial charge in [-0.05, 0) is 18.9 Å². The van der Waals surface area contributed by atoms with Gasteiger partial charge in [0, 0.05) is 11.6 Å². The molecule has 1 heterocycles. The molecule has 0 bridgehead atoms. The summed E-state index contributed by atoms with van der Waals surface area (Å²) in [5.74, 6) is 2.07. The van der Waals surface area contributed by atoms with E-state index in [0.29, 0.717) is 18.5 Å². The minimum atomic E-state index is 0.284. The van der Waals surface area contributed by atoms with Crippen molar-refractivity contribution in [2.45, 2.75) is 25.4 Å². The second-order valence-electron chi connectivity index (χ2n) is 4.27. The summed E-state index contributed by atoms with van der Waals surface area (Å²) < 4.78 is 10.7. The van der Waals surface area contributed by atoms with Crippen molar-refractivity contribution in [1.82, 2.24) is 5.32 Å². The van der Waals surface area contributed by atoms with Gasteiger partial charge in [-0.2, -0.15) is 0 Å². The molecule has 3 N–H and O–H groups in total. The fourth-order valence-electron chi connectivity index (χ4n) is 1.77. The molecule has 0 saturated heterocycles. The fraction of sp³-hybridized carbons (Fsp3) is 0.417. The Morgan fingerprint density at radius 2 is 2.29 bits per heavy atom. The highest BCUT2D eigenvalue weighted by molar-refractivity contribution is 5.78. The predicted octanol–water partition coefficient (Wildman–Crippen LogP) is 0.982. The van der Waals surface area contributed by atoms with Gasteiger partial charge in [-0.15, -0.1) is 0 Å². The van der Waals surface area contributed by atoms with Crippen LogP contribution in [0.25, 0.3) is 0 Å². The number of para-hydroxylation sites is 1. The summed E-state index contributed by atoms with van der Waals surface area (Å²) in [6.07, 6.45) is 2.38. The van der Waals surface area contributed by atoms with Gasteiger partial charge in [-0.3, -0.25) is 0 Å². The number of hydrogen-bond acceptors (Lipinski definition) is 3. The fourth-order valence-corrected chi connectivity index (χ4v) is 1.77. The summed E-state index contributed by atoms with van der Waals surface area (Å²) in [7, 11) is 0. The van der Waals surface area contributed by atoms with Crippen molar-refractivity contribution in [3.8, 4) is 11.5 Å². The van der Waals surface area contributed by atoms with Crippen molar-refractivity contribution in [1.29, 1.82) is 0 Å². The molecule has 2 aliphatic rings. The number of nitrogens with two attached hydrogens (primary N) is 1. The first-order valence-electron chi connectivity index (χ1n) is 5.77. The van der Waals surface area contributed by atoms with Crippen LogP contribution in [0.15, 0.2) is 23.2 Å². The average molecular weight is 233 g/mol. The lowest BCUT2D eigenvalue weighted by Crippen LogP contribution is -2.33. The largest absolute Gasteiger partial charge is 0.454 e. The van der Waals surface area contributed by atoms with Crippen LogP contribution in [0.5, 0.6) is 11.5 Å². The Kier molecular flexibility index (Phi) is 2.51. The van der Waals surface area contributed by atoms with Crippen molar-refractivity contribution in [3.63, 3.8) is 0 Å².